The zero-order valence-corrected chi connectivity index (χ0v) is 11.1. The highest BCUT2D eigenvalue weighted by Gasteiger charge is 2.06. The Morgan fingerprint density at radius 1 is 1.26 bits per heavy atom. The summed E-state index contributed by atoms with van der Waals surface area (Å²) in [4.78, 5) is 8.58. The lowest BCUT2D eigenvalue weighted by atomic mass is 10.3. The summed E-state index contributed by atoms with van der Waals surface area (Å²) in [5.41, 5.74) is 7.31. The minimum absolute atomic E-state index is 0.0424. The van der Waals surface area contributed by atoms with Gasteiger partial charge in [0.2, 0.25) is 5.88 Å². The number of hydrogen-bond acceptors (Lipinski definition) is 5. The number of pyridine rings is 2. The van der Waals surface area contributed by atoms with Gasteiger partial charge in [-0.3, -0.25) is 4.98 Å². The molecule has 2 rings (SSSR count). The molecule has 0 atom stereocenters. The van der Waals surface area contributed by atoms with Gasteiger partial charge in [-0.1, -0.05) is 6.07 Å². The van der Waals surface area contributed by atoms with Crippen molar-refractivity contribution in [3.63, 3.8) is 0 Å². The average molecular weight is 258 g/mol. The van der Waals surface area contributed by atoms with E-state index in [0.29, 0.717) is 18.1 Å². The minimum atomic E-state index is 0.0424. The number of nitrogen functional groups attached to an aromatic ring is 1. The van der Waals surface area contributed by atoms with Crippen LogP contribution in [0.1, 0.15) is 19.5 Å². The number of nitrogens with one attached hydrogen (secondary N) is 1. The van der Waals surface area contributed by atoms with Gasteiger partial charge in [-0.2, -0.15) is 4.98 Å². The fraction of sp³-hybridized carbons (Fsp3) is 0.286. The van der Waals surface area contributed by atoms with Gasteiger partial charge in [-0.05, 0) is 38.1 Å². The Morgan fingerprint density at radius 3 is 2.79 bits per heavy atom. The van der Waals surface area contributed by atoms with E-state index >= 15 is 0 Å². The first-order valence-electron chi connectivity index (χ1n) is 6.22. The quantitative estimate of drug-likeness (QED) is 0.861. The van der Waals surface area contributed by atoms with E-state index in [0.717, 1.165) is 11.5 Å². The highest BCUT2D eigenvalue weighted by atomic mass is 16.5. The lowest BCUT2D eigenvalue weighted by molar-refractivity contribution is 0.234. The monoisotopic (exact) mass is 258 g/mol. The van der Waals surface area contributed by atoms with Crippen molar-refractivity contribution >= 4 is 11.5 Å². The van der Waals surface area contributed by atoms with Gasteiger partial charge in [0, 0.05) is 6.20 Å². The number of hydrogen-bond donors (Lipinski definition) is 2. The van der Waals surface area contributed by atoms with Crippen LogP contribution in [-0.4, -0.2) is 16.1 Å². The van der Waals surface area contributed by atoms with Crippen LogP contribution in [0, 0.1) is 0 Å². The molecule has 2 aromatic heterocycles. The smallest absolute Gasteiger partial charge is 0.239 e. The van der Waals surface area contributed by atoms with Crippen LogP contribution in [0.5, 0.6) is 5.88 Å². The number of anilines is 2. The molecule has 0 saturated heterocycles. The Balaban J connectivity index is 2.04. The highest BCUT2D eigenvalue weighted by Crippen LogP contribution is 2.22. The van der Waals surface area contributed by atoms with E-state index in [-0.39, 0.29) is 6.10 Å². The van der Waals surface area contributed by atoms with E-state index in [2.05, 4.69) is 15.3 Å². The third kappa shape index (κ3) is 3.84. The molecule has 0 aromatic carbocycles. The van der Waals surface area contributed by atoms with E-state index in [4.69, 9.17) is 10.5 Å². The van der Waals surface area contributed by atoms with Gasteiger partial charge in [0.05, 0.1) is 24.0 Å². The summed E-state index contributed by atoms with van der Waals surface area (Å²) in [5.74, 6) is 1.18. The molecule has 5 heteroatoms. The Bertz CT molecular complexity index is 528. The Labute approximate surface area is 112 Å². The summed E-state index contributed by atoms with van der Waals surface area (Å²) in [6.07, 6.45) is 1.81. The number of nitrogens with zero attached hydrogens (tertiary/aromatic N) is 2. The van der Waals surface area contributed by atoms with Crippen molar-refractivity contribution in [3.05, 3.63) is 42.2 Å². The van der Waals surface area contributed by atoms with E-state index in [9.17, 15) is 0 Å². The molecule has 0 radical (unpaired) electrons. The van der Waals surface area contributed by atoms with E-state index in [1.165, 1.54) is 0 Å². The number of nitrogens with two attached hydrogens (primary N) is 1. The molecule has 0 fully saturated rings. The Hall–Kier alpha value is -2.30. The average Bonchev–Trinajstić information content (AvgIpc) is 2.40. The van der Waals surface area contributed by atoms with Crippen molar-refractivity contribution in [3.8, 4) is 5.88 Å². The molecular formula is C14H18N4O. The molecule has 0 spiro atoms. The maximum atomic E-state index is 5.82. The van der Waals surface area contributed by atoms with Gasteiger partial charge in [-0.25, -0.2) is 0 Å². The van der Waals surface area contributed by atoms with Crippen molar-refractivity contribution in [2.45, 2.75) is 26.5 Å². The molecule has 5 nitrogen and oxygen atoms in total. The number of aromatic nitrogens is 2. The standard InChI is InChI=1S/C14H18N4O/c1-10(2)19-14-12(15)6-7-13(18-14)17-9-11-5-3-4-8-16-11/h3-8,10H,9,15H2,1-2H3,(H,17,18). The maximum Gasteiger partial charge on any atom is 0.239 e. The van der Waals surface area contributed by atoms with Crippen molar-refractivity contribution < 1.29 is 4.74 Å². The van der Waals surface area contributed by atoms with Crippen molar-refractivity contribution in [1.29, 1.82) is 0 Å². The first kappa shape index (κ1) is 13.1. The van der Waals surface area contributed by atoms with E-state index < -0.39 is 0 Å². The number of ether oxygens (including phenoxy) is 1. The molecule has 19 heavy (non-hydrogen) atoms. The van der Waals surface area contributed by atoms with Crippen LogP contribution in [-0.2, 0) is 6.54 Å². The molecule has 2 heterocycles. The maximum absolute atomic E-state index is 5.82. The molecule has 100 valence electrons. The van der Waals surface area contributed by atoms with Gasteiger partial charge in [-0.15, -0.1) is 0 Å². The van der Waals surface area contributed by atoms with Crippen molar-refractivity contribution in [1.82, 2.24) is 9.97 Å². The first-order valence-corrected chi connectivity index (χ1v) is 6.22. The van der Waals surface area contributed by atoms with Crippen LogP contribution in [0.15, 0.2) is 36.5 Å². The largest absolute Gasteiger partial charge is 0.473 e. The summed E-state index contributed by atoms with van der Waals surface area (Å²) in [6.45, 7) is 4.49. The van der Waals surface area contributed by atoms with Crippen LogP contribution < -0.4 is 15.8 Å². The van der Waals surface area contributed by atoms with Crippen LogP contribution in [0.3, 0.4) is 0 Å². The van der Waals surface area contributed by atoms with Crippen LogP contribution in [0.2, 0.25) is 0 Å². The second-order valence-electron chi connectivity index (χ2n) is 4.43. The molecule has 3 N–H and O–H groups in total. The van der Waals surface area contributed by atoms with Gasteiger partial charge < -0.3 is 15.8 Å². The summed E-state index contributed by atoms with van der Waals surface area (Å²) < 4.78 is 5.55. The fourth-order valence-corrected chi connectivity index (χ4v) is 1.55. The molecule has 0 aliphatic heterocycles. The second-order valence-corrected chi connectivity index (χ2v) is 4.43. The zero-order chi connectivity index (χ0) is 13.7. The highest BCUT2D eigenvalue weighted by molar-refractivity contribution is 5.53. The molecule has 0 bridgehead atoms. The predicted molar refractivity (Wildman–Crippen MR) is 76.0 cm³/mol. The molecule has 0 saturated carbocycles. The summed E-state index contributed by atoms with van der Waals surface area (Å²) in [5, 5.41) is 3.19. The molecule has 0 aliphatic carbocycles. The Kier molecular flexibility index (Phi) is 4.18. The molecule has 2 aromatic rings. The SMILES string of the molecule is CC(C)Oc1nc(NCc2ccccn2)ccc1N. The fourth-order valence-electron chi connectivity index (χ4n) is 1.55. The summed E-state index contributed by atoms with van der Waals surface area (Å²) >= 11 is 0. The van der Waals surface area contributed by atoms with E-state index in [1.54, 1.807) is 12.3 Å². The van der Waals surface area contributed by atoms with Crippen LogP contribution in [0.25, 0.3) is 0 Å². The van der Waals surface area contributed by atoms with Crippen LogP contribution in [0.4, 0.5) is 11.5 Å². The van der Waals surface area contributed by atoms with Gasteiger partial charge >= 0.3 is 0 Å². The minimum Gasteiger partial charge on any atom is -0.473 e. The first-order chi connectivity index (χ1) is 9.15. The lowest BCUT2D eigenvalue weighted by Crippen LogP contribution is -2.10. The summed E-state index contributed by atoms with van der Waals surface area (Å²) in [7, 11) is 0. The summed E-state index contributed by atoms with van der Waals surface area (Å²) in [6, 6.07) is 9.40. The third-order valence-electron chi connectivity index (χ3n) is 2.41. The molecule has 0 aliphatic rings. The predicted octanol–water partition coefficient (Wildman–Crippen LogP) is 2.46. The lowest BCUT2D eigenvalue weighted by Gasteiger charge is -2.12. The second kappa shape index (κ2) is 6.04. The normalized spacial score (nSPS) is 10.5. The van der Waals surface area contributed by atoms with Gasteiger partial charge in [0.25, 0.3) is 0 Å². The zero-order valence-electron chi connectivity index (χ0n) is 11.1. The Morgan fingerprint density at radius 2 is 2.11 bits per heavy atom. The molecule has 0 amide bonds. The van der Waals surface area contributed by atoms with Gasteiger partial charge in [0.1, 0.15) is 5.82 Å². The molecular weight excluding hydrogens is 240 g/mol. The third-order valence-corrected chi connectivity index (χ3v) is 2.41. The van der Waals surface area contributed by atoms with Crippen LogP contribution >= 0.6 is 0 Å². The van der Waals surface area contributed by atoms with Crippen molar-refractivity contribution in [2.75, 3.05) is 11.1 Å². The molecule has 0 unspecified atom stereocenters. The van der Waals surface area contributed by atoms with Crippen molar-refractivity contribution in [2.24, 2.45) is 0 Å². The number of rotatable bonds is 5. The topological polar surface area (TPSA) is 73.1 Å². The van der Waals surface area contributed by atoms with E-state index in [1.807, 2.05) is 38.1 Å². The van der Waals surface area contributed by atoms with Gasteiger partial charge in [0.15, 0.2) is 0 Å².